The number of hydrogen-bond acceptors (Lipinski definition) is 4. The molecule has 0 saturated heterocycles. The highest BCUT2D eigenvalue weighted by molar-refractivity contribution is 8.03. The van der Waals surface area contributed by atoms with E-state index in [4.69, 9.17) is 23.2 Å². The van der Waals surface area contributed by atoms with Gasteiger partial charge in [-0.25, -0.2) is 9.18 Å². The third kappa shape index (κ3) is 5.44. The van der Waals surface area contributed by atoms with E-state index in [9.17, 15) is 9.90 Å². The van der Waals surface area contributed by atoms with Crippen LogP contribution < -0.4 is 15.5 Å². The van der Waals surface area contributed by atoms with E-state index in [0.717, 1.165) is 28.8 Å². The zero-order valence-corrected chi connectivity index (χ0v) is 25.3. The van der Waals surface area contributed by atoms with Crippen molar-refractivity contribution in [2.75, 3.05) is 16.8 Å². The number of nitrogens with zero attached hydrogens (tertiary/aromatic N) is 1. The second-order valence-electron chi connectivity index (χ2n) is 11.0. The Labute approximate surface area is 258 Å². The number of fused-ring (bicyclic) bond motifs is 2. The Hall–Kier alpha value is -3.65. The first-order valence-electron chi connectivity index (χ1n) is 13.5. The molecule has 2 aliphatic heterocycles. The highest BCUT2D eigenvalue weighted by Gasteiger charge is 2.42. The van der Waals surface area contributed by atoms with Crippen molar-refractivity contribution in [3.05, 3.63) is 111 Å². The summed E-state index contributed by atoms with van der Waals surface area (Å²) in [7, 11) is 0. The van der Waals surface area contributed by atoms with Gasteiger partial charge < -0.3 is 20.6 Å². The normalized spacial score (nSPS) is 15.4. The van der Waals surface area contributed by atoms with Gasteiger partial charge in [0, 0.05) is 38.5 Å². The maximum atomic E-state index is 15.5. The molecule has 4 aromatic rings. The van der Waals surface area contributed by atoms with Crippen LogP contribution in [0.15, 0.2) is 88.8 Å². The zero-order chi connectivity index (χ0) is 29.6. The number of thioether (sulfide) groups is 1. The van der Waals surface area contributed by atoms with Gasteiger partial charge in [-0.2, -0.15) is 0 Å². The van der Waals surface area contributed by atoms with Crippen LogP contribution in [0, 0.1) is 5.82 Å². The molecular weight excluding hydrogens is 592 g/mol. The van der Waals surface area contributed by atoms with Gasteiger partial charge >= 0.3 is 6.03 Å². The summed E-state index contributed by atoms with van der Waals surface area (Å²) in [5, 5.41) is 19.0. The Morgan fingerprint density at radius 2 is 1.74 bits per heavy atom. The second kappa shape index (κ2) is 11.2. The molecule has 0 spiro atoms. The summed E-state index contributed by atoms with van der Waals surface area (Å²) in [5.74, 6) is -0.672. The average molecular weight is 621 g/mol. The van der Waals surface area contributed by atoms with Crippen molar-refractivity contribution in [1.29, 1.82) is 0 Å². The number of carbonyl (C=O) groups excluding carboxylic acids is 1. The number of para-hydroxylation sites is 2. The molecule has 0 unspecified atom stereocenters. The van der Waals surface area contributed by atoms with Crippen LogP contribution in [0.25, 0.3) is 11.1 Å². The molecule has 42 heavy (non-hydrogen) atoms. The fraction of sp³-hybridized carbons (Fsp3) is 0.182. The number of amides is 2. The number of allylic oxidation sites excluding steroid dienone is 1. The SMILES string of the molecule is CC1(C)CN(c2ccccc2NC(=O)NC2=CCCc3ccc(Cl)cc3S2)c2c(O)cc(F)c(-c3ccc(Cl)cc3)c21. The number of phenols is 1. The number of rotatable bonds is 4. The number of aromatic hydroxyl groups is 1. The summed E-state index contributed by atoms with van der Waals surface area (Å²) >= 11 is 13.8. The molecule has 5 nitrogen and oxygen atoms in total. The van der Waals surface area contributed by atoms with Crippen molar-refractivity contribution in [3.63, 3.8) is 0 Å². The molecule has 3 N–H and O–H groups in total. The molecule has 0 radical (unpaired) electrons. The number of nitrogens with one attached hydrogen (secondary N) is 2. The number of benzene rings is 4. The van der Waals surface area contributed by atoms with Gasteiger partial charge in [-0.05, 0) is 65.9 Å². The van der Waals surface area contributed by atoms with E-state index in [1.807, 2.05) is 67.3 Å². The maximum absolute atomic E-state index is 15.5. The number of phenolic OH excluding ortho intramolecular Hbond substituents is 1. The Bertz CT molecular complexity index is 1740. The van der Waals surface area contributed by atoms with Crippen molar-refractivity contribution in [3.8, 4) is 16.9 Å². The molecule has 214 valence electrons. The third-order valence-electron chi connectivity index (χ3n) is 7.54. The van der Waals surface area contributed by atoms with Crippen LogP contribution in [-0.2, 0) is 11.8 Å². The van der Waals surface area contributed by atoms with Gasteiger partial charge in [-0.15, -0.1) is 0 Å². The highest BCUT2D eigenvalue weighted by Crippen LogP contribution is 2.54. The molecule has 9 heteroatoms. The number of carbonyl (C=O) groups is 1. The van der Waals surface area contributed by atoms with E-state index < -0.39 is 17.3 Å². The topological polar surface area (TPSA) is 64.6 Å². The number of hydrogen-bond donors (Lipinski definition) is 3. The van der Waals surface area contributed by atoms with Crippen molar-refractivity contribution < 1.29 is 14.3 Å². The van der Waals surface area contributed by atoms with Crippen LogP contribution in [0.1, 0.15) is 31.4 Å². The highest BCUT2D eigenvalue weighted by atomic mass is 35.5. The molecule has 0 fully saturated rings. The second-order valence-corrected chi connectivity index (χ2v) is 13.0. The van der Waals surface area contributed by atoms with Crippen LogP contribution in [0.5, 0.6) is 5.75 Å². The monoisotopic (exact) mass is 619 g/mol. The Balaban J connectivity index is 1.32. The minimum atomic E-state index is -0.532. The van der Waals surface area contributed by atoms with Crippen molar-refractivity contribution >= 4 is 58.1 Å². The van der Waals surface area contributed by atoms with E-state index in [-0.39, 0.29) is 5.75 Å². The van der Waals surface area contributed by atoms with E-state index in [2.05, 4.69) is 10.6 Å². The molecule has 2 aliphatic rings. The molecule has 4 aromatic carbocycles. The smallest absolute Gasteiger partial charge is 0.324 e. The molecule has 0 aliphatic carbocycles. The van der Waals surface area contributed by atoms with Gasteiger partial charge in [-0.3, -0.25) is 0 Å². The quantitative estimate of drug-likeness (QED) is 0.213. The van der Waals surface area contributed by atoms with E-state index >= 15 is 4.39 Å². The summed E-state index contributed by atoms with van der Waals surface area (Å²) in [5.41, 5.74) is 4.19. The van der Waals surface area contributed by atoms with E-state index in [1.54, 1.807) is 24.3 Å². The third-order valence-corrected chi connectivity index (χ3v) is 9.11. The Kier molecular flexibility index (Phi) is 7.60. The lowest BCUT2D eigenvalue weighted by Crippen LogP contribution is -2.29. The van der Waals surface area contributed by atoms with Crippen LogP contribution in [0.2, 0.25) is 10.0 Å². The molecule has 0 bridgehead atoms. The molecule has 2 heterocycles. The minimum Gasteiger partial charge on any atom is -0.506 e. The van der Waals surface area contributed by atoms with E-state index in [1.165, 1.54) is 17.3 Å². The molecular formula is C33H28Cl2FN3O2S. The van der Waals surface area contributed by atoms with Gasteiger partial charge in [0.1, 0.15) is 11.6 Å². The lowest BCUT2D eigenvalue weighted by atomic mass is 9.81. The van der Waals surface area contributed by atoms with Crippen LogP contribution in [-0.4, -0.2) is 17.7 Å². The molecule has 0 saturated carbocycles. The summed E-state index contributed by atoms with van der Waals surface area (Å²) < 4.78 is 15.5. The Morgan fingerprint density at radius 3 is 2.52 bits per heavy atom. The maximum Gasteiger partial charge on any atom is 0.324 e. The predicted octanol–water partition coefficient (Wildman–Crippen LogP) is 9.64. The Morgan fingerprint density at radius 1 is 1.00 bits per heavy atom. The van der Waals surface area contributed by atoms with Gasteiger partial charge in [0.2, 0.25) is 0 Å². The standard InChI is InChI=1S/C33H28Cl2FN3O2S/c1-33(2)18-39(31-26(40)17-23(36)29(30(31)33)20-11-13-21(34)14-12-20)25-8-4-3-7-24(25)37-32(41)38-28-9-5-6-19-10-15-22(35)16-27(19)42-28/h3-4,7-17,40H,5-6,18H2,1-2H3,(H2,37,38,41). The van der Waals surface area contributed by atoms with Gasteiger partial charge in [0.05, 0.1) is 22.1 Å². The van der Waals surface area contributed by atoms with Crippen molar-refractivity contribution in [2.45, 2.75) is 37.0 Å². The van der Waals surface area contributed by atoms with Crippen LogP contribution in [0.3, 0.4) is 0 Å². The van der Waals surface area contributed by atoms with Gasteiger partial charge in [0.15, 0.2) is 0 Å². The first-order valence-corrected chi connectivity index (χ1v) is 15.1. The largest absolute Gasteiger partial charge is 0.506 e. The van der Waals surface area contributed by atoms with Gasteiger partial charge in [0.25, 0.3) is 0 Å². The number of anilines is 3. The lowest BCUT2D eigenvalue weighted by Gasteiger charge is -2.25. The molecule has 0 aromatic heterocycles. The van der Waals surface area contributed by atoms with Crippen LogP contribution in [0.4, 0.5) is 26.2 Å². The molecule has 2 amide bonds. The number of urea groups is 1. The summed E-state index contributed by atoms with van der Waals surface area (Å²) in [6, 6.07) is 21.0. The fourth-order valence-electron chi connectivity index (χ4n) is 5.72. The first-order chi connectivity index (χ1) is 20.1. The number of halogens is 3. The minimum absolute atomic E-state index is 0.164. The zero-order valence-electron chi connectivity index (χ0n) is 23.0. The summed E-state index contributed by atoms with van der Waals surface area (Å²) in [4.78, 5) is 16.2. The predicted molar refractivity (Wildman–Crippen MR) is 171 cm³/mol. The number of aryl methyl sites for hydroxylation is 1. The summed E-state index contributed by atoms with van der Waals surface area (Å²) in [6.07, 6.45) is 3.66. The fourth-order valence-corrected chi connectivity index (χ4v) is 7.15. The average Bonchev–Trinajstić information content (AvgIpc) is 3.07. The molecule has 0 atom stereocenters. The summed E-state index contributed by atoms with van der Waals surface area (Å²) in [6.45, 7) is 4.50. The van der Waals surface area contributed by atoms with Crippen molar-refractivity contribution in [2.24, 2.45) is 0 Å². The first kappa shape index (κ1) is 28.5. The van der Waals surface area contributed by atoms with E-state index in [0.29, 0.717) is 50.3 Å². The van der Waals surface area contributed by atoms with Crippen molar-refractivity contribution in [1.82, 2.24) is 5.32 Å². The van der Waals surface area contributed by atoms with Crippen LogP contribution >= 0.6 is 35.0 Å². The lowest BCUT2D eigenvalue weighted by molar-refractivity contribution is 0.255. The van der Waals surface area contributed by atoms with Gasteiger partial charge in [-0.1, -0.05) is 85.2 Å². The molecule has 6 rings (SSSR count).